The molecular formula is C20H18N2O2. The molecule has 3 aromatic rings. The molecule has 4 heteroatoms. The SMILES string of the molecule is Cn1c(=O)cc(C(=O)N2CCc3ccccc3C2)c2ccccc21. The molecule has 1 aromatic heterocycles. The average molecular weight is 318 g/mol. The second-order valence-electron chi connectivity index (χ2n) is 6.22. The summed E-state index contributed by atoms with van der Waals surface area (Å²) in [6.45, 7) is 1.28. The zero-order valence-electron chi connectivity index (χ0n) is 13.5. The van der Waals surface area contributed by atoms with Crippen LogP contribution in [0.3, 0.4) is 0 Å². The Bertz CT molecular complexity index is 1000. The van der Waals surface area contributed by atoms with Crippen LogP contribution in [-0.2, 0) is 20.0 Å². The molecule has 2 aromatic carbocycles. The van der Waals surface area contributed by atoms with Crippen LogP contribution in [0.15, 0.2) is 59.4 Å². The molecule has 120 valence electrons. The van der Waals surface area contributed by atoms with Crippen molar-refractivity contribution in [2.24, 2.45) is 7.05 Å². The summed E-state index contributed by atoms with van der Waals surface area (Å²) in [4.78, 5) is 27.1. The molecule has 0 atom stereocenters. The molecule has 1 amide bonds. The number of pyridine rings is 1. The number of hydrogen-bond donors (Lipinski definition) is 0. The maximum Gasteiger partial charge on any atom is 0.255 e. The van der Waals surface area contributed by atoms with Crippen LogP contribution in [0, 0.1) is 0 Å². The Morgan fingerprint density at radius 3 is 2.54 bits per heavy atom. The van der Waals surface area contributed by atoms with Gasteiger partial charge >= 0.3 is 0 Å². The third-order valence-electron chi connectivity index (χ3n) is 4.80. The number of aryl methyl sites for hydroxylation is 1. The number of nitrogens with zero attached hydrogens (tertiary/aromatic N) is 2. The molecule has 4 rings (SSSR count). The number of benzene rings is 2. The molecule has 0 saturated carbocycles. The van der Waals surface area contributed by atoms with Crippen molar-refractivity contribution in [1.29, 1.82) is 0 Å². The summed E-state index contributed by atoms with van der Waals surface area (Å²) < 4.78 is 1.58. The summed E-state index contributed by atoms with van der Waals surface area (Å²) in [6, 6.07) is 17.2. The zero-order valence-corrected chi connectivity index (χ0v) is 13.5. The van der Waals surface area contributed by atoms with E-state index >= 15 is 0 Å². The van der Waals surface area contributed by atoms with E-state index < -0.39 is 0 Å². The number of carbonyl (C=O) groups excluding carboxylic acids is 1. The minimum absolute atomic E-state index is 0.0709. The molecule has 0 bridgehead atoms. The van der Waals surface area contributed by atoms with E-state index in [1.165, 1.54) is 17.2 Å². The summed E-state index contributed by atoms with van der Waals surface area (Å²) in [5.41, 5.74) is 3.61. The van der Waals surface area contributed by atoms with Crippen LogP contribution in [0.25, 0.3) is 10.9 Å². The van der Waals surface area contributed by atoms with E-state index in [-0.39, 0.29) is 11.5 Å². The van der Waals surface area contributed by atoms with Gasteiger partial charge in [0.05, 0.1) is 11.1 Å². The van der Waals surface area contributed by atoms with Crippen LogP contribution in [-0.4, -0.2) is 21.9 Å². The van der Waals surface area contributed by atoms with E-state index in [2.05, 4.69) is 12.1 Å². The Labute approximate surface area is 140 Å². The molecule has 0 aliphatic carbocycles. The van der Waals surface area contributed by atoms with Crippen molar-refractivity contribution in [2.75, 3.05) is 6.54 Å². The van der Waals surface area contributed by atoms with Crippen molar-refractivity contribution in [1.82, 2.24) is 9.47 Å². The van der Waals surface area contributed by atoms with Gasteiger partial charge in [0.2, 0.25) is 0 Å². The highest BCUT2D eigenvalue weighted by atomic mass is 16.2. The first-order valence-electron chi connectivity index (χ1n) is 8.10. The molecular weight excluding hydrogens is 300 g/mol. The maximum atomic E-state index is 13.1. The molecule has 0 radical (unpaired) electrons. The Hall–Kier alpha value is -2.88. The highest BCUT2D eigenvalue weighted by molar-refractivity contribution is 6.06. The first-order chi connectivity index (χ1) is 11.6. The minimum Gasteiger partial charge on any atom is -0.334 e. The fourth-order valence-electron chi connectivity index (χ4n) is 3.43. The van der Waals surface area contributed by atoms with Gasteiger partial charge in [-0.15, -0.1) is 0 Å². The van der Waals surface area contributed by atoms with Crippen molar-refractivity contribution < 1.29 is 4.79 Å². The van der Waals surface area contributed by atoms with Gasteiger partial charge in [0.15, 0.2) is 0 Å². The number of fused-ring (bicyclic) bond motifs is 2. The second kappa shape index (κ2) is 5.64. The fourth-order valence-corrected chi connectivity index (χ4v) is 3.43. The van der Waals surface area contributed by atoms with Gasteiger partial charge in [-0.25, -0.2) is 0 Å². The lowest BCUT2D eigenvalue weighted by Crippen LogP contribution is -2.36. The molecule has 0 fully saturated rings. The number of rotatable bonds is 1. The highest BCUT2D eigenvalue weighted by Crippen LogP contribution is 2.23. The summed E-state index contributed by atoms with van der Waals surface area (Å²) >= 11 is 0. The average Bonchev–Trinajstić information content (AvgIpc) is 2.64. The lowest BCUT2D eigenvalue weighted by Gasteiger charge is -2.29. The van der Waals surface area contributed by atoms with E-state index in [0.717, 1.165) is 17.3 Å². The maximum absolute atomic E-state index is 13.1. The topological polar surface area (TPSA) is 42.3 Å². The van der Waals surface area contributed by atoms with Crippen LogP contribution in [0.1, 0.15) is 21.5 Å². The van der Waals surface area contributed by atoms with Crippen LogP contribution < -0.4 is 5.56 Å². The second-order valence-corrected chi connectivity index (χ2v) is 6.22. The van der Waals surface area contributed by atoms with Crippen LogP contribution in [0.2, 0.25) is 0 Å². The standard InChI is InChI=1S/C20H18N2O2/c1-21-18-9-5-4-8-16(18)17(12-19(21)23)20(24)22-11-10-14-6-2-3-7-15(14)13-22/h2-9,12H,10-11,13H2,1H3. The Morgan fingerprint density at radius 2 is 1.71 bits per heavy atom. The smallest absolute Gasteiger partial charge is 0.255 e. The van der Waals surface area contributed by atoms with E-state index in [4.69, 9.17) is 0 Å². The monoisotopic (exact) mass is 318 g/mol. The third-order valence-corrected chi connectivity index (χ3v) is 4.80. The highest BCUT2D eigenvalue weighted by Gasteiger charge is 2.23. The summed E-state index contributed by atoms with van der Waals surface area (Å²) in [6.07, 6.45) is 0.852. The van der Waals surface area contributed by atoms with Gasteiger partial charge in [-0.2, -0.15) is 0 Å². The quantitative estimate of drug-likeness (QED) is 0.692. The molecule has 1 aliphatic rings. The number of para-hydroxylation sites is 1. The zero-order chi connectivity index (χ0) is 16.7. The molecule has 0 N–H and O–H groups in total. The number of aromatic nitrogens is 1. The molecule has 24 heavy (non-hydrogen) atoms. The third kappa shape index (κ3) is 2.31. The van der Waals surface area contributed by atoms with Crippen molar-refractivity contribution in [3.05, 3.63) is 81.6 Å². The van der Waals surface area contributed by atoms with Crippen LogP contribution in [0.4, 0.5) is 0 Å². The summed E-state index contributed by atoms with van der Waals surface area (Å²) in [5, 5.41) is 0.823. The van der Waals surface area contributed by atoms with Gasteiger partial charge in [0.25, 0.3) is 11.5 Å². The van der Waals surface area contributed by atoms with Crippen LogP contribution in [0.5, 0.6) is 0 Å². The van der Waals surface area contributed by atoms with Crippen molar-refractivity contribution in [3.63, 3.8) is 0 Å². The van der Waals surface area contributed by atoms with Gasteiger partial charge in [-0.05, 0) is 23.6 Å². The van der Waals surface area contributed by atoms with Crippen molar-refractivity contribution >= 4 is 16.8 Å². The van der Waals surface area contributed by atoms with Crippen molar-refractivity contribution in [2.45, 2.75) is 13.0 Å². The first-order valence-corrected chi connectivity index (χ1v) is 8.10. The largest absolute Gasteiger partial charge is 0.334 e. The van der Waals surface area contributed by atoms with Crippen LogP contribution >= 0.6 is 0 Å². The molecule has 0 spiro atoms. The molecule has 4 nitrogen and oxygen atoms in total. The normalized spacial score (nSPS) is 13.8. The van der Waals surface area contributed by atoms with Gasteiger partial charge in [-0.1, -0.05) is 42.5 Å². The van der Waals surface area contributed by atoms with Gasteiger partial charge in [-0.3, -0.25) is 9.59 Å². The molecule has 0 saturated heterocycles. The van der Waals surface area contributed by atoms with E-state index in [1.54, 1.807) is 11.6 Å². The molecule has 1 aliphatic heterocycles. The minimum atomic E-state index is -0.158. The number of amides is 1. The van der Waals surface area contributed by atoms with E-state index in [1.807, 2.05) is 41.3 Å². The summed E-state index contributed by atoms with van der Waals surface area (Å²) in [7, 11) is 1.73. The lowest BCUT2D eigenvalue weighted by molar-refractivity contribution is 0.0736. The molecule has 2 heterocycles. The van der Waals surface area contributed by atoms with E-state index in [0.29, 0.717) is 18.7 Å². The lowest BCUT2D eigenvalue weighted by atomic mass is 9.98. The van der Waals surface area contributed by atoms with Gasteiger partial charge in [0, 0.05) is 31.6 Å². The molecule has 0 unspecified atom stereocenters. The fraction of sp³-hybridized carbons (Fsp3) is 0.200. The van der Waals surface area contributed by atoms with E-state index in [9.17, 15) is 9.59 Å². The summed E-state index contributed by atoms with van der Waals surface area (Å²) in [5.74, 6) is -0.0709. The predicted octanol–water partition coefficient (Wildman–Crippen LogP) is 2.74. The first kappa shape index (κ1) is 14.7. The number of carbonyl (C=O) groups is 1. The Kier molecular flexibility index (Phi) is 3.45. The van der Waals surface area contributed by atoms with Crippen molar-refractivity contribution in [3.8, 4) is 0 Å². The predicted molar refractivity (Wildman–Crippen MR) is 94.1 cm³/mol. The van der Waals surface area contributed by atoms with Gasteiger partial charge in [0.1, 0.15) is 0 Å². The Balaban J connectivity index is 1.78. The number of hydrogen-bond acceptors (Lipinski definition) is 2. The van der Waals surface area contributed by atoms with Gasteiger partial charge < -0.3 is 9.47 Å². The Morgan fingerprint density at radius 1 is 1.00 bits per heavy atom.